The van der Waals surface area contributed by atoms with Gasteiger partial charge >= 0.3 is 12.1 Å². The number of hydrogen-bond acceptors (Lipinski definition) is 6. The van der Waals surface area contributed by atoms with Gasteiger partial charge in [-0.25, -0.2) is 14.8 Å². The zero-order chi connectivity index (χ0) is 23.3. The second kappa shape index (κ2) is 9.65. The van der Waals surface area contributed by atoms with E-state index in [0.29, 0.717) is 11.4 Å². The Morgan fingerprint density at radius 3 is 2.59 bits per heavy atom. The summed E-state index contributed by atoms with van der Waals surface area (Å²) in [5.74, 6) is -2.15. The minimum atomic E-state index is -5.08. The zero-order valence-corrected chi connectivity index (χ0v) is 17.0. The molecular weight excluding hydrogens is 427 g/mol. The topological polar surface area (TPSA) is 124 Å². The summed E-state index contributed by atoms with van der Waals surface area (Å²) in [4.78, 5) is 21.2. The molecule has 0 saturated carbocycles. The third-order valence-corrected chi connectivity index (χ3v) is 4.82. The number of nitrogens with one attached hydrogen (secondary N) is 2. The van der Waals surface area contributed by atoms with Crippen molar-refractivity contribution in [2.45, 2.75) is 32.0 Å². The Hall–Kier alpha value is -3.65. The number of carboxylic acid groups (broad SMARTS) is 1. The van der Waals surface area contributed by atoms with Crippen LogP contribution in [0.15, 0.2) is 30.6 Å². The van der Waals surface area contributed by atoms with Crippen LogP contribution in [0.2, 0.25) is 0 Å². The zero-order valence-electron chi connectivity index (χ0n) is 17.0. The van der Waals surface area contributed by atoms with Gasteiger partial charge in [0.1, 0.15) is 17.9 Å². The lowest BCUT2D eigenvalue weighted by Gasteiger charge is -2.23. The van der Waals surface area contributed by atoms with Crippen molar-refractivity contribution in [3.63, 3.8) is 0 Å². The first-order valence-corrected chi connectivity index (χ1v) is 9.72. The molecule has 0 atom stereocenters. The number of alkyl halides is 3. The maximum absolute atomic E-state index is 10.6. The van der Waals surface area contributed by atoms with E-state index in [9.17, 15) is 18.4 Å². The predicted molar refractivity (Wildman–Crippen MR) is 109 cm³/mol. The summed E-state index contributed by atoms with van der Waals surface area (Å²) in [5, 5.41) is 20.7. The maximum Gasteiger partial charge on any atom is 0.490 e. The van der Waals surface area contributed by atoms with Crippen LogP contribution in [-0.4, -0.2) is 51.4 Å². The van der Waals surface area contributed by atoms with Gasteiger partial charge in [-0.05, 0) is 38.9 Å². The molecule has 1 aromatic carbocycles. The fourth-order valence-corrected chi connectivity index (χ4v) is 3.25. The Balaban J connectivity index is 0.000000360. The average molecular weight is 447 g/mol. The lowest BCUT2D eigenvalue weighted by atomic mass is 10.1. The molecule has 1 aliphatic heterocycles. The number of hydrogen-bond donors (Lipinski definition) is 3. The number of rotatable bonds is 3. The second-order valence-corrected chi connectivity index (χ2v) is 7.06. The molecule has 0 amide bonds. The molecule has 0 spiro atoms. The van der Waals surface area contributed by atoms with E-state index >= 15 is 0 Å². The first-order chi connectivity index (χ1) is 15.2. The molecular formula is C21H20F3N5O3. The Morgan fingerprint density at radius 2 is 2.00 bits per heavy atom. The molecule has 1 fully saturated rings. The van der Waals surface area contributed by atoms with Gasteiger partial charge in [-0.3, -0.25) is 0 Å². The molecule has 3 heterocycles. The number of carboxylic acids is 1. The largest absolute Gasteiger partial charge is 0.490 e. The van der Waals surface area contributed by atoms with Gasteiger partial charge in [-0.2, -0.15) is 18.4 Å². The Labute approximate surface area is 181 Å². The van der Waals surface area contributed by atoms with E-state index in [0.717, 1.165) is 53.8 Å². The molecule has 1 aliphatic rings. The SMILES string of the molecule is Cc1nc(-c2c[nH]c3c(C#N)cccc23)cnc1OC1CCNCC1.O=C(O)C(F)(F)F. The van der Waals surface area contributed by atoms with Crippen LogP contribution in [0.4, 0.5) is 13.2 Å². The van der Waals surface area contributed by atoms with Crippen LogP contribution >= 0.6 is 0 Å². The van der Waals surface area contributed by atoms with Gasteiger partial charge in [-0.1, -0.05) is 12.1 Å². The molecule has 11 heteroatoms. The number of benzene rings is 1. The summed E-state index contributed by atoms with van der Waals surface area (Å²) < 4.78 is 37.8. The molecule has 0 aliphatic carbocycles. The number of fused-ring (bicyclic) bond motifs is 1. The lowest BCUT2D eigenvalue weighted by molar-refractivity contribution is -0.192. The van der Waals surface area contributed by atoms with Gasteiger partial charge in [-0.15, -0.1) is 0 Å². The van der Waals surface area contributed by atoms with Crippen LogP contribution in [0.3, 0.4) is 0 Å². The van der Waals surface area contributed by atoms with Gasteiger partial charge in [0.15, 0.2) is 0 Å². The van der Waals surface area contributed by atoms with E-state index in [2.05, 4.69) is 26.3 Å². The molecule has 3 aromatic rings. The third kappa shape index (κ3) is 5.33. The van der Waals surface area contributed by atoms with E-state index in [4.69, 9.17) is 14.6 Å². The number of H-pyrrole nitrogens is 1. The molecule has 8 nitrogen and oxygen atoms in total. The first kappa shape index (κ1) is 23.0. The number of nitrogens with zero attached hydrogens (tertiary/aromatic N) is 3. The van der Waals surface area contributed by atoms with Gasteiger partial charge in [0, 0.05) is 17.1 Å². The van der Waals surface area contributed by atoms with E-state index in [1.165, 1.54) is 0 Å². The molecule has 2 aromatic heterocycles. The Morgan fingerprint density at radius 1 is 1.31 bits per heavy atom. The molecule has 4 rings (SSSR count). The highest BCUT2D eigenvalue weighted by Gasteiger charge is 2.38. The number of aromatic nitrogens is 3. The van der Waals surface area contributed by atoms with Crippen molar-refractivity contribution in [1.82, 2.24) is 20.3 Å². The fourth-order valence-electron chi connectivity index (χ4n) is 3.25. The van der Waals surface area contributed by atoms with Crippen LogP contribution in [0.5, 0.6) is 5.88 Å². The standard InChI is InChI=1S/C19H19N5O.C2HF3O2/c1-12-19(25-14-5-7-21-8-6-14)23-11-17(24-12)16-10-22-18-13(9-20)3-2-4-15(16)18;3-2(4,5)1(6)7/h2-4,10-11,14,21-22H,5-8H2,1H3;(H,6,7). The van der Waals surface area contributed by atoms with E-state index in [-0.39, 0.29) is 6.10 Å². The van der Waals surface area contributed by atoms with Crippen LogP contribution < -0.4 is 10.1 Å². The van der Waals surface area contributed by atoms with Crippen molar-refractivity contribution in [1.29, 1.82) is 5.26 Å². The van der Waals surface area contributed by atoms with Crippen molar-refractivity contribution < 1.29 is 27.8 Å². The number of piperidine rings is 1. The summed E-state index contributed by atoms with van der Waals surface area (Å²) in [5.41, 5.74) is 3.95. The number of para-hydroxylation sites is 1. The number of carbonyl (C=O) groups is 1. The fraction of sp³-hybridized carbons (Fsp3) is 0.333. The van der Waals surface area contributed by atoms with E-state index in [1.54, 1.807) is 12.3 Å². The van der Waals surface area contributed by atoms with Crippen molar-refractivity contribution in [3.05, 3.63) is 41.9 Å². The number of aliphatic carboxylic acids is 1. The molecule has 168 valence electrons. The summed E-state index contributed by atoms with van der Waals surface area (Å²) in [6.45, 7) is 3.88. The summed E-state index contributed by atoms with van der Waals surface area (Å²) in [7, 11) is 0. The smallest absolute Gasteiger partial charge is 0.475 e. The van der Waals surface area contributed by atoms with Crippen molar-refractivity contribution in [2.75, 3.05) is 13.1 Å². The number of nitriles is 1. The van der Waals surface area contributed by atoms with E-state index in [1.807, 2.05) is 25.3 Å². The van der Waals surface area contributed by atoms with Gasteiger partial charge in [0.05, 0.1) is 23.0 Å². The molecule has 1 saturated heterocycles. The van der Waals surface area contributed by atoms with Crippen molar-refractivity contribution >= 4 is 16.9 Å². The highest BCUT2D eigenvalue weighted by Crippen LogP contribution is 2.30. The predicted octanol–water partition coefficient (Wildman–Crippen LogP) is 3.57. The lowest BCUT2D eigenvalue weighted by Crippen LogP contribution is -2.34. The minimum absolute atomic E-state index is 0.200. The molecule has 0 unspecified atom stereocenters. The third-order valence-electron chi connectivity index (χ3n) is 4.82. The first-order valence-electron chi connectivity index (χ1n) is 9.72. The highest BCUT2D eigenvalue weighted by molar-refractivity contribution is 5.97. The molecule has 3 N–H and O–H groups in total. The summed E-state index contributed by atoms with van der Waals surface area (Å²) in [6.07, 6.45) is 0.712. The van der Waals surface area contributed by atoms with Gasteiger partial charge < -0.3 is 20.1 Å². The quantitative estimate of drug-likeness (QED) is 0.561. The van der Waals surface area contributed by atoms with Crippen molar-refractivity contribution in [3.8, 4) is 23.2 Å². The average Bonchev–Trinajstić information content (AvgIpc) is 3.20. The van der Waals surface area contributed by atoms with E-state index < -0.39 is 12.1 Å². The van der Waals surface area contributed by atoms with Crippen LogP contribution in [0.25, 0.3) is 22.2 Å². The van der Waals surface area contributed by atoms with Crippen LogP contribution in [0.1, 0.15) is 24.1 Å². The normalized spacial score (nSPS) is 14.3. The van der Waals surface area contributed by atoms with Crippen LogP contribution in [0, 0.1) is 18.3 Å². The number of aryl methyl sites for hydroxylation is 1. The number of halogens is 3. The monoisotopic (exact) mass is 447 g/mol. The van der Waals surface area contributed by atoms with Crippen molar-refractivity contribution in [2.24, 2.45) is 0 Å². The van der Waals surface area contributed by atoms with Crippen LogP contribution in [-0.2, 0) is 4.79 Å². The molecule has 0 radical (unpaired) electrons. The number of aromatic amines is 1. The Bertz CT molecular complexity index is 1150. The molecule has 0 bridgehead atoms. The maximum atomic E-state index is 10.6. The summed E-state index contributed by atoms with van der Waals surface area (Å²) in [6, 6.07) is 7.88. The van der Waals surface area contributed by atoms with Gasteiger partial charge in [0.2, 0.25) is 5.88 Å². The highest BCUT2D eigenvalue weighted by atomic mass is 19.4. The summed E-state index contributed by atoms with van der Waals surface area (Å²) >= 11 is 0. The Kier molecular flexibility index (Phi) is 6.95. The number of ether oxygens (including phenoxy) is 1. The minimum Gasteiger partial charge on any atom is -0.475 e. The van der Waals surface area contributed by atoms with Gasteiger partial charge in [0.25, 0.3) is 0 Å². The second-order valence-electron chi connectivity index (χ2n) is 7.06. The molecule has 32 heavy (non-hydrogen) atoms.